The zero-order valence-corrected chi connectivity index (χ0v) is 15.9. The Morgan fingerprint density at radius 3 is 2.55 bits per heavy atom. The van der Waals surface area contributed by atoms with E-state index in [4.69, 9.17) is 0 Å². The van der Waals surface area contributed by atoms with Crippen molar-refractivity contribution in [1.29, 1.82) is 0 Å². The molecule has 0 aromatic carbocycles. The summed E-state index contributed by atoms with van der Waals surface area (Å²) in [5.41, 5.74) is 2.40. The van der Waals surface area contributed by atoms with E-state index >= 15 is 0 Å². The van der Waals surface area contributed by atoms with Crippen molar-refractivity contribution < 1.29 is 0 Å². The molecule has 0 aliphatic heterocycles. The van der Waals surface area contributed by atoms with Crippen LogP contribution in [0.15, 0.2) is 11.6 Å². The lowest BCUT2D eigenvalue weighted by molar-refractivity contribution is 0.304. The molecular weight excluding hydrogens is 268 g/mol. The molecule has 1 atom stereocenters. The zero-order valence-electron chi connectivity index (χ0n) is 15.9. The van der Waals surface area contributed by atoms with Crippen molar-refractivity contribution in [2.75, 3.05) is 13.2 Å². The van der Waals surface area contributed by atoms with E-state index in [1.165, 1.54) is 57.8 Å². The van der Waals surface area contributed by atoms with E-state index in [1.807, 2.05) is 0 Å². The Labute approximate surface area is 139 Å². The SMILES string of the molecule is CCC(C)(C)CCCCCCNCNC1(C)CC=C(C)CC1. The minimum atomic E-state index is 0.304. The van der Waals surface area contributed by atoms with E-state index in [0.29, 0.717) is 11.0 Å². The average molecular weight is 309 g/mol. The van der Waals surface area contributed by atoms with Gasteiger partial charge in [-0.05, 0) is 57.9 Å². The number of hydrogen-bond donors (Lipinski definition) is 2. The summed E-state index contributed by atoms with van der Waals surface area (Å²) >= 11 is 0. The monoisotopic (exact) mass is 308 g/mol. The fourth-order valence-electron chi connectivity index (χ4n) is 2.99. The molecule has 0 fully saturated rings. The summed E-state index contributed by atoms with van der Waals surface area (Å²) in [4.78, 5) is 0. The quantitative estimate of drug-likeness (QED) is 0.303. The Morgan fingerprint density at radius 2 is 1.91 bits per heavy atom. The molecule has 1 unspecified atom stereocenters. The van der Waals surface area contributed by atoms with Crippen molar-refractivity contribution in [1.82, 2.24) is 10.6 Å². The summed E-state index contributed by atoms with van der Waals surface area (Å²) in [7, 11) is 0. The van der Waals surface area contributed by atoms with Gasteiger partial charge in [0, 0.05) is 12.2 Å². The van der Waals surface area contributed by atoms with Crippen molar-refractivity contribution in [3.63, 3.8) is 0 Å². The van der Waals surface area contributed by atoms with Gasteiger partial charge in [-0.2, -0.15) is 0 Å². The summed E-state index contributed by atoms with van der Waals surface area (Å²) in [6.07, 6.45) is 14.2. The predicted molar refractivity (Wildman–Crippen MR) is 99.2 cm³/mol. The maximum Gasteiger partial charge on any atom is 0.0458 e. The van der Waals surface area contributed by atoms with Crippen LogP contribution in [0.3, 0.4) is 0 Å². The van der Waals surface area contributed by atoms with Gasteiger partial charge in [0.15, 0.2) is 0 Å². The number of hydrogen-bond acceptors (Lipinski definition) is 2. The summed E-state index contributed by atoms with van der Waals surface area (Å²) in [5.74, 6) is 0. The highest BCUT2D eigenvalue weighted by atomic mass is 15.1. The Kier molecular flexibility index (Phi) is 8.71. The number of unbranched alkanes of at least 4 members (excludes halogenated alkanes) is 3. The van der Waals surface area contributed by atoms with Gasteiger partial charge in [-0.3, -0.25) is 5.32 Å². The molecule has 2 N–H and O–H groups in total. The third kappa shape index (κ3) is 8.33. The normalized spacial score (nSPS) is 22.7. The lowest BCUT2D eigenvalue weighted by atomic mass is 9.84. The Bertz CT molecular complexity index is 333. The summed E-state index contributed by atoms with van der Waals surface area (Å²) in [5, 5.41) is 7.25. The Hall–Kier alpha value is -0.340. The van der Waals surface area contributed by atoms with Crippen LogP contribution in [0, 0.1) is 5.41 Å². The number of rotatable bonds is 11. The van der Waals surface area contributed by atoms with Crippen LogP contribution in [0.25, 0.3) is 0 Å². The number of allylic oxidation sites excluding steroid dienone is 1. The summed E-state index contributed by atoms with van der Waals surface area (Å²) in [6.45, 7) is 13.8. The van der Waals surface area contributed by atoms with Gasteiger partial charge in [0.05, 0.1) is 0 Å². The third-order valence-electron chi connectivity index (χ3n) is 5.53. The lowest BCUT2D eigenvalue weighted by Gasteiger charge is -2.33. The first kappa shape index (κ1) is 19.7. The molecule has 0 spiro atoms. The molecule has 1 aliphatic carbocycles. The van der Waals surface area contributed by atoms with Gasteiger partial charge in [-0.15, -0.1) is 0 Å². The predicted octanol–water partition coefficient (Wildman–Crippen LogP) is 5.40. The van der Waals surface area contributed by atoms with E-state index in [-0.39, 0.29) is 0 Å². The molecule has 2 nitrogen and oxygen atoms in total. The first-order chi connectivity index (χ1) is 10.4. The standard InChI is InChI=1S/C20H40N2/c1-6-19(3,4)13-9-7-8-10-16-21-17-22-20(5)14-11-18(2)12-15-20/h11,21-22H,6-10,12-17H2,1-5H3. The summed E-state index contributed by atoms with van der Waals surface area (Å²) < 4.78 is 0. The molecule has 0 radical (unpaired) electrons. The van der Waals surface area contributed by atoms with E-state index < -0.39 is 0 Å². The smallest absolute Gasteiger partial charge is 0.0458 e. The Morgan fingerprint density at radius 1 is 1.18 bits per heavy atom. The highest BCUT2D eigenvalue weighted by molar-refractivity contribution is 5.08. The van der Waals surface area contributed by atoms with Crippen molar-refractivity contribution in [3.8, 4) is 0 Å². The van der Waals surface area contributed by atoms with Crippen LogP contribution < -0.4 is 10.6 Å². The van der Waals surface area contributed by atoms with Crippen LogP contribution in [-0.2, 0) is 0 Å². The zero-order chi connectivity index (χ0) is 16.5. The third-order valence-corrected chi connectivity index (χ3v) is 5.53. The highest BCUT2D eigenvalue weighted by Gasteiger charge is 2.24. The molecular formula is C20H40N2. The summed E-state index contributed by atoms with van der Waals surface area (Å²) in [6, 6.07) is 0. The minimum Gasteiger partial charge on any atom is -0.304 e. The first-order valence-electron chi connectivity index (χ1n) is 9.48. The lowest BCUT2D eigenvalue weighted by Crippen LogP contribution is -2.47. The van der Waals surface area contributed by atoms with Crippen LogP contribution in [0.1, 0.15) is 92.4 Å². The van der Waals surface area contributed by atoms with Crippen LogP contribution in [0.4, 0.5) is 0 Å². The van der Waals surface area contributed by atoms with Crippen LogP contribution in [-0.4, -0.2) is 18.8 Å². The van der Waals surface area contributed by atoms with E-state index in [2.05, 4.69) is 51.3 Å². The second kappa shape index (κ2) is 9.72. The van der Waals surface area contributed by atoms with Gasteiger partial charge in [0.25, 0.3) is 0 Å². The van der Waals surface area contributed by atoms with Gasteiger partial charge < -0.3 is 5.32 Å². The number of nitrogens with one attached hydrogen (secondary N) is 2. The van der Waals surface area contributed by atoms with E-state index in [1.54, 1.807) is 5.57 Å². The highest BCUT2D eigenvalue weighted by Crippen LogP contribution is 2.27. The van der Waals surface area contributed by atoms with Gasteiger partial charge >= 0.3 is 0 Å². The second-order valence-electron chi connectivity index (χ2n) is 8.35. The van der Waals surface area contributed by atoms with E-state index in [0.717, 1.165) is 13.2 Å². The molecule has 22 heavy (non-hydrogen) atoms. The van der Waals surface area contributed by atoms with Gasteiger partial charge in [0.2, 0.25) is 0 Å². The molecule has 1 rings (SSSR count). The van der Waals surface area contributed by atoms with Crippen molar-refractivity contribution in [3.05, 3.63) is 11.6 Å². The van der Waals surface area contributed by atoms with Gasteiger partial charge in [0.1, 0.15) is 0 Å². The topological polar surface area (TPSA) is 24.1 Å². The first-order valence-corrected chi connectivity index (χ1v) is 9.48. The maximum atomic E-state index is 3.69. The van der Waals surface area contributed by atoms with Gasteiger partial charge in [-0.1, -0.05) is 58.1 Å². The molecule has 0 saturated heterocycles. The fraction of sp³-hybridized carbons (Fsp3) is 0.900. The van der Waals surface area contributed by atoms with Crippen LogP contribution >= 0.6 is 0 Å². The molecule has 0 amide bonds. The molecule has 0 heterocycles. The largest absolute Gasteiger partial charge is 0.304 e. The second-order valence-corrected chi connectivity index (χ2v) is 8.35. The van der Waals surface area contributed by atoms with Crippen LogP contribution in [0.2, 0.25) is 0 Å². The molecule has 2 heteroatoms. The minimum absolute atomic E-state index is 0.304. The van der Waals surface area contributed by atoms with Crippen molar-refractivity contribution in [2.24, 2.45) is 5.41 Å². The Balaban J connectivity index is 1.94. The van der Waals surface area contributed by atoms with Crippen molar-refractivity contribution in [2.45, 2.75) is 97.9 Å². The van der Waals surface area contributed by atoms with Crippen LogP contribution in [0.5, 0.6) is 0 Å². The molecule has 130 valence electrons. The maximum absolute atomic E-state index is 3.69. The molecule has 0 saturated carbocycles. The molecule has 0 bridgehead atoms. The molecule has 0 aromatic heterocycles. The molecule has 1 aliphatic rings. The fourth-order valence-corrected chi connectivity index (χ4v) is 2.99. The van der Waals surface area contributed by atoms with E-state index in [9.17, 15) is 0 Å². The van der Waals surface area contributed by atoms with Crippen molar-refractivity contribution >= 4 is 0 Å². The molecule has 0 aromatic rings. The van der Waals surface area contributed by atoms with Gasteiger partial charge in [-0.25, -0.2) is 0 Å². The average Bonchev–Trinajstić information content (AvgIpc) is 2.49.